The van der Waals surface area contributed by atoms with Crippen molar-refractivity contribution in [2.45, 2.75) is 16.9 Å². The van der Waals surface area contributed by atoms with Gasteiger partial charge in [0, 0.05) is 10.7 Å². The minimum Gasteiger partial charge on any atom is -0.481 e. The summed E-state index contributed by atoms with van der Waals surface area (Å²) in [6.07, 6.45) is -0.299. The number of nitrogens with one attached hydrogen (secondary N) is 1. The Morgan fingerprint density at radius 3 is 2.64 bits per heavy atom. The molecule has 2 atom stereocenters. The zero-order chi connectivity index (χ0) is 18.1. The largest absolute Gasteiger partial charge is 0.481 e. The van der Waals surface area contributed by atoms with E-state index in [0.717, 1.165) is 5.56 Å². The number of fused-ring (bicyclic) bond motifs is 1. The van der Waals surface area contributed by atoms with E-state index in [0.29, 0.717) is 26.3 Å². The van der Waals surface area contributed by atoms with Crippen LogP contribution in [0.2, 0.25) is 15.1 Å². The summed E-state index contributed by atoms with van der Waals surface area (Å²) in [6, 6.07) is 10.4. The van der Waals surface area contributed by atoms with E-state index < -0.39 is 11.2 Å². The molecule has 1 aliphatic heterocycles. The van der Waals surface area contributed by atoms with Crippen molar-refractivity contribution in [2.75, 3.05) is 5.32 Å². The number of halogens is 3. The topological polar surface area (TPSA) is 66.4 Å². The molecule has 3 rings (SSSR count). The fraction of sp³-hybridized carbons (Fsp3) is 0.176. The van der Waals surface area contributed by atoms with Crippen molar-refractivity contribution >= 4 is 64.1 Å². The lowest BCUT2D eigenvalue weighted by Gasteiger charge is -2.21. The fourth-order valence-electron chi connectivity index (χ4n) is 2.64. The number of hydrogen-bond acceptors (Lipinski definition) is 3. The number of hydrogen-bond donors (Lipinski definition) is 2. The van der Waals surface area contributed by atoms with Crippen LogP contribution < -0.4 is 5.32 Å². The third-order valence-electron chi connectivity index (χ3n) is 3.77. The first-order chi connectivity index (χ1) is 11.9. The van der Waals surface area contributed by atoms with Gasteiger partial charge in [-0.15, -0.1) is 11.8 Å². The number of carboxylic acids is 1. The van der Waals surface area contributed by atoms with E-state index in [1.165, 1.54) is 11.8 Å². The van der Waals surface area contributed by atoms with Crippen LogP contribution in [0.3, 0.4) is 0 Å². The van der Waals surface area contributed by atoms with Gasteiger partial charge in [0.25, 0.3) is 0 Å². The van der Waals surface area contributed by atoms with Crippen LogP contribution in [-0.4, -0.2) is 22.2 Å². The number of anilines is 1. The van der Waals surface area contributed by atoms with Gasteiger partial charge in [0.05, 0.1) is 27.0 Å². The number of carboxylic acid groups (broad SMARTS) is 1. The Balaban J connectivity index is 2.15. The van der Waals surface area contributed by atoms with E-state index >= 15 is 0 Å². The highest BCUT2D eigenvalue weighted by Crippen LogP contribution is 2.48. The molecule has 1 aliphatic rings. The van der Waals surface area contributed by atoms with Crippen LogP contribution in [0.1, 0.15) is 22.8 Å². The molecular weight excluding hydrogens is 405 g/mol. The third-order valence-corrected chi connectivity index (χ3v) is 6.33. The van der Waals surface area contributed by atoms with Gasteiger partial charge in [-0.25, -0.2) is 0 Å². The average molecular weight is 417 g/mol. The predicted octanol–water partition coefficient (Wildman–Crippen LogP) is 5.26. The zero-order valence-electron chi connectivity index (χ0n) is 12.6. The van der Waals surface area contributed by atoms with Gasteiger partial charge in [0.2, 0.25) is 5.91 Å². The van der Waals surface area contributed by atoms with Gasteiger partial charge >= 0.3 is 5.97 Å². The molecule has 0 fully saturated rings. The molecule has 2 aromatic carbocycles. The molecule has 8 heteroatoms. The highest BCUT2D eigenvalue weighted by Gasteiger charge is 2.34. The van der Waals surface area contributed by atoms with Crippen molar-refractivity contribution in [3.63, 3.8) is 0 Å². The second-order valence-electron chi connectivity index (χ2n) is 5.47. The quantitative estimate of drug-likeness (QED) is 0.716. The van der Waals surface area contributed by atoms with Gasteiger partial charge < -0.3 is 10.4 Å². The first-order valence-electron chi connectivity index (χ1n) is 7.28. The van der Waals surface area contributed by atoms with Crippen molar-refractivity contribution in [2.24, 2.45) is 0 Å². The van der Waals surface area contributed by atoms with Crippen LogP contribution in [-0.2, 0) is 9.59 Å². The summed E-state index contributed by atoms with van der Waals surface area (Å²) in [5.41, 5.74) is 2.04. The summed E-state index contributed by atoms with van der Waals surface area (Å²) in [6.45, 7) is 0. The van der Waals surface area contributed by atoms with Crippen LogP contribution in [0, 0.1) is 0 Å². The molecule has 1 heterocycles. The maximum absolute atomic E-state index is 12.4. The van der Waals surface area contributed by atoms with E-state index in [1.807, 2.05) is 6.07 Å². The Morgan fingerprint density at radius 1 is 1.16 bits per heavy atom. The lowest BCUT2D eigenvalue weighted by atomic mass is 10.0. The number of thioether (sulfide) groups is 1. The Hall–Kier alpha value is -1.40. The van der Waals surface area contributed by atoms with Gasteiger partial charge in [-0.1, -0.05) is 46.9 Å². The van der Waals surface area contributed by atoms with Crippen LogP contribution in [0.15, 0.2) is 36.4 Å². The Morgan fingerprint density at radius 2 is 1.92 bits per heavy atom. The summed E-state index contributed by atoms with van der Waals surface area (Å²) < 4.78 is 0. The molecule has 25 heavy (non-hydrogen) atoms. The van der Waals surface area contributed by atoms with Crippen LogP contribution in [0.4, 0.5) is 5.69 Å². The fourth-order valence-corrected chi connectivity index (χ4v) is 4.74. The summed E-state index contributed by atoms with van der Waals surface area (Å²) in [7, 11) is 0. The molecule has 0 saturated carbocycles. The first kappa shape index (κ1) is 18.4. The normalized spacial score (nSPS) is 19.7. The number of carbonyl (C=O) groups is 2. The van der Waals surface area contributed by atoms with E-state index in [2.05, 4.69) is 5.32 Å². The second kappa shape index (κ2) is 7.46. The Kier molecular flexibility index (Phi) is 5.49. The smallest absolute Gasteiger partial charge is 0.305 e. The molecule has 4 nitrogen and oxygen atoms in total. The minimum atomic E-state index is -1.05. The monoisotopic (exact) mass is 415 g/mol. The van der Waals surface area contributed by atoms with Crippen LogP contribution in [0.25, 0.3) is 0 Å². The second-order valence-corrected chi connectivity index (χ2v) is 8.00. The molecule has 2 aromatic rings. The SMILES string of the molecule is O=C(O)C[C@H]1S[C@H](c2cccc(Cl)c2Cl)c2cc(Cl)ccc2NC1=O. The van der Waals surface area contributed by atoms with Crippen molar-refractivity contribution in [3.8, 4) is 0 Å². The molecule has 0 saturated heterocycles. The minimum absolute atomic E-state index is 0.299. The van der Waals surface area contributed by atoms with Crippen molar-refractivity contribution < 1.29 is 14.7 Å². The lowest BCUT2D eigenvalue weighted by Crippen LogP contribution is -2.26. The van der Waals surface area contributed by atoms with Crippen molar-refractivity contribution in [1.82, 2.24) is 0 Å². The predicted molar refractivity (Wildman–Crippen MR) is 102 cm³/mol. The average Bonchev–Trinajstić information content (AvgIpc) is 2.67. The maximum atomic E-state index is 12.4. The van der Waals surface area contributed by atoms with Gasteiger partial charge in [-0.2, -0.15) is 0 Å². The Bertz CT molecular complexity index is 859. The molecule has 0 spiro atoms. The number of rotatable bonds is 3. The van der Waals surface area contributed by atoms with Gasteiger partial charge in [0.15, 0.2) is 0 Å². The number of aliphatic carboxylic acids is 1. The highest BCUT2D eigenvalue weighted by molar-refractivity contribution is 8.01. The van der Waals surface area contributed by atoms with Gasteiger partial charge in [-0.3, -0.25) is 9.59 Å². The highest BCUT2D eigenvalue weighted by atomic mass is 35.5. The molecule has 0 aliphatic carbocycles. The summed E-state index contributed by atoms with van der Waals surface area (Å²) in [5, 5.41) is 12.0. The molecule has 0 radical (unpaired) electrons. The van der Waals surface area contributed by atoms with Gasteiger partial charge in [-0.05, 0) is 35.4 Å². The molecule has 0 unspecified atom stereocenters. The number of carbonyl (C=O) groups excluding carboxylic acids is 1. The Labute approximate surface area is 163 Å². The number of benzene rings is 2. The molecule has 2 N–H and O–H groups in total. The lowest BCUT2D eigenvalue weighted by molar-refractivity contribution is -0.138. The molecular formula is C17H12Cl3NO3S. The van der Waals surface area contributed by atoms with E-state index in [1.54, 1.807) is 30.3 Å². The zero-order valence-corrected chi connectivity index (χ0v) is 15.7. The van der Waals surface area contributed by atoms with Gasteiger partial charge in [0.1, 0.15) is 0 Å². The van der Waals surface area contributed by atoms with Crippen molar-refractivity contribution in [1.29, 1.82) is 0 Å². The molecule has 0 bridgehead atoms. The standard InChI is InChI=1S/C17H12Cl3NO3S/c18-8-4-5-12-10(6-8)16(9-2-1-3-11(19)15(9)20)25-13(7-14(22)23)17(24)21-12/h1-6,13,16H,7H2,(H,21,24)(H,22,23)/t13-,16-/m1/s1. The van der Waals surface area contributed by atoms with Crippen LogP contribution in [0.5, 0.6) is 0 Å². The summed E-state index contributed by atoms with van der Waals surface area (Å²) in [5.74, 6) is -1.41. The van der Waals surface area contributed by atoms with E-state index in [4.69, 9.17) is 39.9 Å². The summed E-state index contributed by atoms with van der Waals surface area (Å²) in [4.78, 5) is 23.6. The maximum Gasteiger partial charge on any atom is 0.305 e. The van der Waals surface area contributed by atoms with Crippen molar-refractivity contribution in [3.05, 3.63) is 62.6 Å². The molecule has 1 amide bonds. The third kappa shape index (κ3) is 3.90. The van der Waals surface area contributed by atoms with E-state index in [-0.39, 0.29) is 17.6 Å². The van der Waals surface area contributed by atoms with E-state index in [9.17, 15) is 9.59 Å². The molecule has 130 valence electrons. The summed E-state index contributed by atoms with van der Waals surface area (Å²) >= 11 is 19.9. The van der Waals surface area contributed by atoms with Crippen LogP contribution >= 0.6 is 46.6 Å². The molecule has 0 aromatic heterocycles. The first-order valence-corrected chi connectivity index (χ1v) is 9.36. The number of amides is 1.